The van der Waals surface area contributed by atoms with Crippen molar-refractivity contribution in [3.63, 3.8) is 0 Å². The number of nitrogens with zero attached hydrogens (tertiary/aromatic N) is 3. The first-order valence-corrected chi connectivity index (χ1v) is 11.0. The molecule has 2 heterocycles. The molecule has 1 N–H and O–H groups in total. The van der Waals surface area contributed by atoms with E-state index in [4.69, 9.17) is 4.42 Å². The zero-order valence-corrected chi connectivity index (χ0v) is 17.0. The van der Waals surface area contributed by atoms with Gasteiger partial charge >= 0.3 is 0 Å². The Kier molecular flexibility index (Phi) is 6.29. The van der Waals surface area contributed by atoms with Crippen LogP contribution in [0.1, 0.15) is 50.1 Å². The summed E-state index contributed by atoms with van der Waals surface area (Å²) in [5.41, 5.74) is 1.04. The molecule has 2 atom stereocenters. The summed E-state index contributed by atoms with van der Waals surface area (Å²) in [6.07, 6.45) is 2.75. The van der Waals surface area contributed by atoms with E-state index in [-0.39, 0.29) is 12.0 Å². The van der Waals surface area contributed by atoms with E-state index in [1.807, 2.05) is 26.0 Å². The summed E-state index contributed by atoms with van der Waals surface area (Å²) >= 11 is 0. The third kappa shape index (κ3) is 4.94. The Morgan fingerprint density at radius 2 is 2.04 bits per heavy atom. The molecule has 0 bridgehead atoms. The van der Waals surface area contributed by atoms with Gasteiger partial charge in [-0.15, -0.1) is 10.2 Å². The highest BCUT2D eigenvalue weighted by Crippen LogP contribution is 2.26. The van der Waals surface area contributed by atoms with E-state index in [2.05, 4.69) is 26.7 Å². The van der Waals surface area contributed by atoms with E-state index in [9.17, 15) is 8.42 Å². The molecule has 1 aliphatic rings. The van der Waals surface area contributed by atoms with E-state index in [1.54, 1.807) is 12.1 Å². The molecule has 2 aromatic rings. The summed E-state index contributed by atoms with van der Waals surface area (Å²) in [5, 5.41) is 8.19. The molecule has 1 aromatic carbocycles. The summed E-state index contributed by atoms with van der Waals surface area (Å²) in [5.74, 6) is 1.54. The van der Waals surface area contributed by atoms with Gasteiger partial charge in [-0.05, 0) is 51.3 Å². The topological polar surface area (TPSA) is 88.3 Å². The Hall–Kier alpha value is -1.77. The average molecular weight is 393 g/mol. The van der Waals surface area contributed by atoms with E-state index >= 15 is 0 Å². The SMILES string of the molecule is CCc1nnc(C(C)N2CCCC(CNS(=O)(=O)c3ccc(C)cc3)C2)o1. The summed E-state index contributed by atoms with van der Waals surface area (Å²) in [4.78, 5) is 2.61. The maximum Gasteiger partial charge on any atom is 0.240 e. The van der Waals surface area contributed by atoms with Crippen molar-refractivity contribution in [2.24, 2.45) is 5.92 Å². The summed E-state index contributed by atoms with van der Waals surface area (Å²) in [6.45, 7) is 8.18. The molecule has 1 saturated heterocycles. The average Bonchev–Trinajstić information content (AvgIpc) is 3.16. The van der Waals surface area contributed by atoms with Gasteiger partial charge in [0.15, 0.2) is 0 Å². The molecule has 148 valence electrons. The molecule has 0 aliphatic carbocycles. The lowest BCUT2D eigenvalue weighted by atomic mass is 9.97. The van der Waals surface area contributed by atoms with Crippen molar-refractivity contribution in [3.8, 4) is 0 Å². The number of aryl methyl sites for hydroxylation is 2. The van der Waals surface area contributed by atoms with Crippen LogP contribution in [0.5, 0.6) is 0 Å². The number of likely N-dealkylation sites (tertiary alicyclic amines) is 1. The van der Waals surface area contributed by atoms with Crippen LogP contribution in [-0.4, -0.2) is 43.1 Å². The lowest BCUT2D eigenvalue weighted by Gasteiger charge is -2.35. The molecule has 1 aromatic heterocycles. The zero-order chi connectivity index (χ0) is 19.4. The van der Waals surface area contributed by atoms with Gasteiger partial charge in [0.1, 0.15) is 0 Å². The van der Waals surface area contributed by atoms with Crippen molar-refractivity contribution in [1.29, 1.82) is 0 Å². The van der Waals surface area contributed by atoms with Gasteiger partial charge in [-0.25, -0.2) is 13.1 Å². The predicted octanol–water partition coefficient (Wildman–Crippen LogP) is 2.69. The third-order valence-corrected chi connectivity index (χ3v) is 6.57. The minimum atomic E-state index is -3.48. The largest absolute Gasteiger partial charge is 0.424 e. The van der Waals surface area contributed by atoms with Gasteiger partial charge in [0.25, 0.3) is 0 Å². The van der Waals surface area contributed by atoms with Crippen LogP contribution >= 0.6 is 0 Å². The zero-order valence-electron chi connectivity index (χ0n) is 16.2. The third-order valence-electron chi connectivity index (χ3n) is 5.13. The highest BCUT2D eigenvalue weighted by atomic mass is 32.2. The van der Waals surface area contributed by atoms with Crippen LogP contribution in [0.2, 0.25) is 0 Å². The Morgan fingerprint density at radius 1 is 1.30 bits per heavy atom. The van der Waals surface area contributed by atoms with E-state index < -0.39 is 10.0 Å². The fourth-order valence-electron chi connectivity index (χ4n) is 3.38. The van der Waals surface area contributed by atoms with Gasteiger partial charge < -0.3 is 4.42 Å². The Bertz CT molecular complexity index is 848. The standard InChI is InChI=1S/C19H28N4O3S/c1-4-18-21-22-19(26-18)15(3)23-11-5-6-16(13-23)12-20-27(24,25)17-9-7-14(2)8-10-17/h7-10,15-16,20H,4-6,11-13H2,1-3H3. The fraction of sp³-hybridized carbons (Fsp3) is 0.579. The van der Waals surface area contributed by atoms with Crippen LogP contribution < -0.4 is 4.72 Å². The molecule has 1 aliphatic heterocycles. The maximum atomic E-state index is 12.5. The number of hydrogen-bond acceptors (Lipinski definition) is 6. The van der Waals surface area contributed by atoms with Gasteiger partial charge in [-0.2, -0.15) is 0 Å². The number of nitrogens with one attached hydrogen (secondary N) is 1. The molecule has 0 spiro atoms. The molecule has 8 heteroatoms. The van der Waals surface area contributed by atoms with E-state index in [1.165, 1.54) is 0 Å². The lowest BCUT2D eigenvalue weighted by molar-refractivity contribution is 0.116. The number of piperidine rings is 1. The summed E-state index contributed by atoms with van der Waals surface area (Å²) in [7, 11) is -3.48. The van der Waals surface area contributed by atoms with E-state index in [0.29, 0.717) is 23.2 Å². The van der Waals surface area contributed by atoms with Gasteiger partial charge in [0.2, 0.25) is 21.8 Å². The maximum absolute atomic E-state index is 12.5. The molecule has 0 saturated carbocycles. The van der Waals surface area contributed by atoms with Gasteiger partial charge in [-0.3, -0.25) is 4.90 Å². The Balaban J connectivity index is 1.58. The highest BCUT2D eigenvalue weighted by Gasteiger charge is 2.28. The number of rotatable bonds is 7. The first kappa shape index (κ1) is 20.0. The van der Waals surface area contributed by atoms with Crippen LogP contribution in [0.4, 0.5) is 0 Å². The Labute approximate surface area is 161 Å². The molecular formula is C19H28N4O3S. The fourth-order valence-corrected chi connectivity index (χ4v) is 4.49. The normalized spacial score (nSPS) is 19.9. The Morgan fingerprint density at radius 3 is 2.70 bits per heavy atom. The van der Waals surface area contributed by atoms with Crippen molar-refractivity contribution < 1.29 is 12.8 Å². The molecule has 0 amide bonds. The summed E-state index contributed by atoms with van der Waals surface area (Å²) < 4.78 is 33.5. The molecule has 2 unspecified atom stereocenters. The van der Waals surface area contributed by atoms with Gasteiger partial charge in [0, 0.05) is 19.5 Å². The summed E-state index contributed by atoms with van der Waals surface area (Å²) in [6, 6.07) is 6.96. The molecule has 27 heavy (non-hydrogen) atoms. The van der Waals surface area contributed by atoms with Crippen LogP contribution in [0.15, 0.2) is 33.6 Å². The molecule has 3 rings (SSSR count). The first-order chi connectivity index (χ1) is 12.9. The highest BCUT2D eigenvalue weighted by molar-refractivity contribution is 7.89. The van der Waals surface area contributed by atoms with Crippen molar-refractivity contribution in [2.75, 3.05) is 19.6 Å². The molecule has 0 radical (unpaired) electrons. The van der Waals surface area contributed by atoms with Crippen LogP contribution in [0.25, 0.3) is 0 Å². The second-order valence-electron chi connectivity index (χ2n) is 7.23. The first-order valence-electron chi connectivity index (χ1n) is 9.51. The van der Waals surface area contributed by atoms with Crippen LogP contribution in [-0.2, 0) is 16.4 Å². The molecular weight excluding hydrogens is 364 g/mol. The number of hydrogen-bond donors (Lipinski definition) is 1. The number of aromatic nitrogens is 2. The van der Waals surface area contributed by atoms with Gasteiger partial charge in [-0.1, -0.05) is 24.6 Å². The predicted molar refractivity (Wildman–Crippen MR) is 103 cm³/mol. The second-order valence-corrected chi connectivity index (χ2v) is 9.00. The number of benzene rings is 1. The number of sulfonamides is 1. The minimum Gasteiger partial charge on any atom is -0.424 e. The minimum absolute atomic E-state index is 0.0364. The van der Waals surface area contributed by atoms with E-state index in [0.717, 1.165) is 37.9 Å². The smallest absolute Gasteiger partial charge is 0.240 e. The van der Waals surface area contributed by atoms with Crippen LogP contribution in [0, 0.1) is 12.8 Å². The lowest BCUT2D eigenvalue weighted by Crippen LogP contribution is -2.42. The molecule has 1 fully saturated rings. The van der Waals surface area contributed by atoms with Crippen molar-refractivity contribution in [1.82, 2.24) is 19.8 Å². The van der Waals surface area contributed by atoms with Crippen LogP contribution in [0.3, 0.4) is 0 Å². The van der Waals surface area contributed by atoms with Gasteiger partial charge in [0.05, 0.1) is 10.9 Å². The van der Waals surface area contributed by atoms with Crippen molar-refractivity contribution >= 4 is 10.0 Å². The quantitative estimate of drug-likeness (QED) is 0.779. The van der Waals surface area contributed by atoms with Crippen molar-refractivity contribution in [3.05, 3.63) is 41.6 Å². The monoisotopic (exact) mass is 392 g/mol. The second kappa shape index (κ2) is 8.50. The van der Waals surface area contributed by atoms with Crippen molar-refractivity contribution in [2.45, 2.75) is 51.0 Å². The molecule has 7 nitrogen and oxygen atoms in total.